The molecule has 0 fully saturated rings. The zero-order chi connectivity index (χ0) is 20.1. The van der Waals surface area contributed by atoms with Gasteiger partial charge in [0.25, 0.3) is 0 Å². The third-order valence-electron chi connectivity index (χ3n) is 5.62. The summed E-state index contributed by atoms with van der Waals surface area (Å²) in [5.74, 6) is -1.87. The molecule has 4 heteroatoms. The lowest BCUT2D eigenvalue weighted by Gasteiger charge is -2.35. The van der Waals surface area contributed by atoms with Gasteiger partial charge in [0.15, 0.2) is 11.6 Å². The third-order valence-corrected chi connectivity index (χ3v) is 5.62. The summed E-state index contributed by atoms with van der Waals surface area (Å²) in [5.41, 5.74) is 3.26. The van der Waals surface area contributed by atoms with Crippen molar-refractivity contribution < 1.29 is 18.3 Å². The first-order chi connectivity index (χ1) is 13.5. The highest BCUT2D eigenvalue weighted by molar-refractivity contribution is 5.71. The summed E-state index contributed by atoms with van der Waals surface area (Å²) in [6, 6.07) is 10.7. The molecule has 2 aromatic rings. The maximum Gasteiger partial charge on any atom is 0.201 e. The minimum Gasteiger partial charge on any atom is -0.491 e. The van der Waals surface area contributed by atoms with Crippen molar-refractivity contribution in [3.8, 4) is 16.9 Å². The first-order valence-electron chi connectivity index (χ1n) is 9.99. The van der Waals surface area contributed by atoms with Crippen LogP contribution in [0.5, 0.6) is 5.75 Å². The number of allylic oxidation sites excluding steroid dienone is 1. The lowest BCUT2D eigenvalue weighted by Crippen LogP contribution is -2.32. The van der Waals surface area contributed by atoms with Crippen LogP contribution in [-0.2, 0) is 4.74 Å². The monoisotopic (exact) mass is 386 g/mol. The van der Waals surface area contributed by atoms with Crippen LogP contribution in [0.15, 0.2) is 42.5 Å². The largest absolute Gasteiger partial charge is 0.491 e. The van der Waals surface area contributed by atoms with Gasteiger partial charge in [-0.1, -0.05) is 43.7 Å². The van der Waals surface area contributed by atoms with Crippen LogP contribution in [0.3, 0.4) is 0 Å². The van der Waals surface area contributed by atoms with Gasteiger partial charge < -0.3 is 9.47 Å². The number of ether oxygens (including phenoxy) is 2. The Kier molecular flexibility index (Phi) is 6.50. The molecule has 2 nitrogen and oxygen atoms in total. The molecule has 0 aliphatic heterocycles. The second-order valence-electron chi connectivity index (χ2n) is 7.32. The summed E-state index contributed by atoms with van der Waals surface area (Å²) in [6.07, 6.45) is 7.30. The fourth-order valence-corrected chi connectivity index (χ4v) is 3.99. The van der Waals surface area contributed by atoms with E-state index in [1.54, 1.807) is 20.1 Å². The topological polar surface area (TPSA) is 18.5 Å². The predicted octanol–water partition coefficient (Wildman–Crippen LogP) is 6.78. The van der Waals surface area contributed by atoms with Crippen molar-refractivity contribution in [2.75, 3.05) is 13.7 Å². The maximum atomic E-state index is 14.4. The average molecular weight is 386 g/mol. The standard InChI is InChI=1S/C24H28F2O2/c1-4-14-24(27-3)15-12-18(13-16-24)17-6-8-19(9-7-17)20-10-11-21(28-5-2)23(26)22(20)25/h6-12H,4-5,13-16H2,1-3H3. The summed E-state index contributed by atoms with van der Waals surface area (Å²) in [5, 5.41) is 0. The molecule has 3 rings (SSSR count). The van der Waals surface area contributed by atoms with Crippen LogP contribution in [0.4, 0.5) is 8.78 Å². The molecule has 1 aliphatic carbocycles. The Bertz CT molecular complexity index is 842. The SMILES string of the molecule is CCCC1(OC)CC=C(c2ccc(-c3ccc(OCC)c(F)c3F)cc2)CC1. The van der Waals surface area contributed by atoms with Crippen LogP contribution in [0.2, 0.25) is 0 Å². The number of hydrogen-bond donors (Lipinski definition) is 0. The van der Waals surface area contributed by atoms with Crippen molar-refractivity contribution in [2.45, 2.75) is 51.6 Å². The number of benzene rings is 2. The van der Waals surface area contributed by atoms with Gasteiger partial charge in [0.05, 0.1) is 12.2 Å². The highest BCUT2D eigenvalue weighted by atomic mass is 19.2. The normalized spacial score (nSPS) is 19.4. The zero-order valence-corrected chi connectivity index (χ0v) is 16.9. The second kappa shape index (κ2) is 8.87. The van der Waals surface area contributed by atoms with E-state index < -0.39 is 11.6 Å². The first kappa shape index (κ1) is 20.5. The van der Waals surface area contributed by atoms with Gasteiger partial charge in [-0.25, -0.2) is 4.39 Å². The van der Waals surface area contributed by atoms with E-state index in [2.05, 4.69) is 13.0 Å². The van der Waals surface area contributed by atoms with E-state index in [0.717, 1.165) is 37.7 Å². The fraction of sp³-hybridized carbons (Fsp3) is 0.417. The fourth-order valence-electron chi connectivity index (χ4n) is 3.99. The summed E-state index contributed by atoms with van der Waals surface area (Å²) >= 11 is 0. The Morgan fingerprint density at radius 3 is 2.25 bits per heavy atom. The summed E-state index contributed by atoms with van der Waals surface area (Å²) < 4.78 is 39.5. The molecule has 28 heavy (non-hydrogen) atoms. The molecular weight excluding hydrogens is 358 g/mol. The molecule has 1 atom stereocenters. The molecule has 0 radical (unpaired) electrons. The molecule has 0 heterocycles. The van der Waals surface area contributed by atoms with Crippen molar-refractivity contribution in [3.63, 3.8) is 0 Å². The highest BCUT2D eigenvalue weighted by Gasteiger charge is 2.31. The van der Waals surface area contributed by atoms with Crippen molar-refractivity contribution in [1.29, 1.82) is 0 Å². The lowest BCUT2D eigenvalue weighted by atomic mass is 9.80. The van der Waals surface area contributed by atoms with E-state index in [1.807, 2.05) is 24.3 Å². The van der Waals surface area contributed by atoms with Crippen molar-refractivity contribution >= 4 is 5.57 Å². The molecule has 0 saturated heterocycles. The Labute approximate surface area is 166 Å². The van der Waals surface area contributed by atoms with Gasteiger partial charge in [-0.05, 0) is 61.4 Å². The van der Waals surface area contributed by atoms with E-state index >= 15 is 0 Å². The third kappa shape index (κ3) is 4.12. The Balaban J connectivity index is 1.80. The molecule has 0 N–H and O–H groups in total. The molecule has 0 saturated carbocycles. The average Bonchev–Trinajstić information content (AvgIpc) is 2.73. The smallest absolute Gasteiger partial charge is 0.201 e. The first-order valence-corrected chi connectivity index (χ1v) is 9.99. The molecule has 0 aromatic heterocycles. The minimum absolute atomic E-state index is 0.0405. The van der Waals surface area contributed by atoms with E-state index in [9.17, 15) is 8.78 Å². The quantitative estimate of drug-likeness (QED) is 0.522. The van der Waals surface area contributed by atoms with Crippen molar-refractivity contribution in [1.82, 2.24) is 0 Å². The van der Waals surface area contributed by atoms with Crippen LogP contribution in [0.1, 0.15) is 51.5 Å². The summed E-state index contributed by atoms with van der Waals surface area (Å²) in [7, 11) is 1.80. The molecule has 150 valence electrons. The van der Waals surface area contributed by atoms with Crippen LogP contribution >= 0.6 is 0 Å². The molecule has 1 unspecified atom stereocenters. The Hall–Kier alpha value is -2.20. The number of hydrogen-bond acceptors (Lipinski definition) is 2. The van der Waals surface area contributed by atoms with Gasteiger partial charge in [0, 0.05) is 12.7 Å². The second-order valence-corrected chi connectivity index (χ2v) is 7.32. The zero-order valence-electron chi connectivity index (χ0n) is 16.9. The number of halogens is 2. The highest BCUT2D eigenvalue weighted by Crippen LogP contribution is 2.38. The van der Waals surface area contributed by atoms with Crippen LogP contribution in [-0.4, -0.2) is 19.3 Å². The number of methoxy groups -OCH3 is 1. The van der Waals surface area contributed by atoms with Crippen molar-refractivity contribution in [2.24, 2.45) is 0 Å². The summed E-state index contributed by atoms with van der Waals surface area (Å²) in [4.78, 5) is 0. The van der Waals surface area contributed by atoms with Gasteiger partial charge in [-0.15, -0.1) is 0 Å². The van der Waals surface area contributed by atoms with E-state index in [1.165, 1.54) is 11.6 Å². The van der Waals surface area contributed by atoms with Gasteiger partial charge >= 0.3 is 0 Å². The Morgan fingerprint density at radius 1 is 0.964 bits per heavy atom. The van der Waals surface area contributed by atoms with Crippen molar-refractivity contribution in [3.05, 3.63) is 59.7 Å². The summed E-state index contributed by atoms with van der Waals surface area (Å²) in [6.45, 7) is 4.21. The molecule has 1 aliphatic rings. The lowest BCUT2D eigenvalue weighted by molar-refractivity contribution is -0.0237. The van der Waals surface area contributed by atoms with E-state index in [0.29, 0.717) is 12.2 Å². The molecule has 0 spiro atoms. The van der Waals surface area contributed by atoms with Crippen LogP contribution < -0.4 is 4.74 Å². The molecule has 0 bridgehead atoms. The van der Waals surface area contributed by atoms with Gasteiger partial charge in [0.1, 0.15) is 0 Å². The van der Waals surface area contributed by atoms with Gasteiger partial charge in [-0.3, -0.25) is 0 Å². The Morgan fingerprint density at radius 2 is 1.68 bits per heavy atom. The number of rotatable bonds is 7. The van der Waals surface area contributed by atoms with Gasteiger partial charge in [-0.2, -0.15) is 4.39 Å². The predicted molar refractivity (Wildman–Crippen MR) is 109 cm³/mol. The molecular formula is C24H28F2O2. The van der Waals surface area contributed by atoms with Crippen LogP contribution in [0, 0.1) is 11.6 Å². The molecule has 2 aromatic carbocycles. The van der Waals surface area contributed by atoms with E-state index in [4.69, 9.17) is 9.47 Å². The maximum absolute atomic E-state index is 14.4. The minimum atomic E-state index is -0.940. The molecule has 0 amide bonds. The van der Waals surface area contributed by atoms with Gasteiger partial charge in [0.2, 0.25) is 5.82 Å². The van der Waals surface area contributed by atoms with E-state index in [-0.39, 0.29) is 16.9 Å². The van der Waals surface area contributed by atoms with Crippen LogP contribution in [0.25, 0.3) is 16.7 Å².